The van der Waals surface area contributed by atoms with E-state index in [1.807, 2.05) is 37.2 Å². The van der Waals surface area contributed by atoms with Gasteiger partial charge >= 0.3 is 0 Å². The molecule has 0 saturated heterocycles. The SMILES string of the molecule is c1ccc(-c2cc(-c3ccncc3)cc(-c3cccc(-c4cc(-c5ccncc5)cc(-c5ccncc5)c4)c3)c2)cc1. The molecule has 42 heavy (non-hydrogen) atoms. The minimum Gasteiger partial charge on any atom is -0.265 e. The van der Waals surface area contributed by atoms with Crippen LogP contribution in [0.2, 0.25) is 0 Å². The maximum absolute atomic E-state index is 4.23. The van der Waals surface area contributed by atoms with Crippen LogP contribution in [0.4, 0.5) is 0 Å². The largest absolute Gasteiger partial charge is 0.265 e. The smallest absolute Gasteiger partial charge is 0.0273 e. The molecule has 3 heteroatoms. The summed E-state index contributed by atoms with van der Waals surface area (Å²) in [7, 11) is 0. The van der Waals surface area contributed by atoms with Crippen LogP contribution in [-0.4, -0.2) is 15.0 Å². The second-order valence-electron chi connectivity index (χ2n) is 10.3. The summed E-state index contributed by atoms with van der Waals surface area (Å²) in [4.78, 5) is 12.7. The first-order valence-electron chi connectivity index (χ1n) is 14.0. The fraction of sp³-hybridized carbons (Fsp3) is 0. The van der Waals surface area contributed by atoms with Crippen LogP contribution in [0.5, 0.6) is 0 Å². The molecule has 0 N–H and O–H groups in total. The van der Waals surface area contributed by atoms with Crippen LogP contribution in [0.15, 0.2) is 165 Å². The zero-order chi connectivity index (χ0) is 28.1. The molecule has 0 radical (unpaired) electrons. The second kappa shape index (κ2) is 11.4. The Labute approximate surface area is 245 Å². The van der Waals surface area contributed by atoms with Crippen molar-refractivity contribution < 1.29 is 0 Å². The van der Waals surface area contributed by atoms with E-state index in [9.17, 15) is 0 Å². The summed E-state index contributed by atoms with van der Waals surface area (Å²) in [5, 5.41) is 0. The van der Waals surface area contributed by atoms with Crippen LogP contribution >= 0.6 is 0 Å². The van der Waals surface area contributed by atoms with Crippen molar-refractivity contribution in [2.75, 3.05) is 0 Å². The van der Waals surface area contributed by atoms with Gasteiger partial charge in [0.2, 0.25) is 0 Å². The van der Waals surface area contributed by atoms with E-state index in [2.05, 4.69) is 142 Å². The average Bonchev–Trinajstić information content (AvgIpc) is 3.09. The van der Waals surface area contributed by atoms with E-state index in [1.54, 1.807) is 0 Å². The molecule has 0 aliphatic rings. The van der Waals surface area contributed by atoms with E-state index in [0.717, 1.165) is 38.9 Å². The lowest BCUT2D eigenvalue weighted by atomic mass is 9.91. The van der Waals surface area contributed by atoms with Crippen molar-refractivity contribution in [3.05, 3.63) is 165 Å². The number of nitrogens with zero attached hydrogens (tertiary/aromatic N) is 3. The van der Waals surface area contributed by atoms with Gasteiger partial charge in [0.1, 0.15) is 0 Å². The Morgan fingerprint density at radius 1 is 0.214 bits per heavy atom. The number of pyridine rings is 3. The zero-order valence-electron chi connectivity index (χ0n) is 22.9. The molecule has 0 amide bonds. The maximum atomic E-state index is 4.23. The van der Waals surface area contributed by atoms with Gasteiger partial charge in [-0.25, -0.2) is 0 Å². The molecule has 0 aliphatic heterocycles. The van der Waals surface area contributed by atoms with Crippen LogP contribution in [0.3, 0.4) is 0 Å². The Morgan fingerprint density at radius 3 is 0.833 bits per heavy atom. The van der Waals surface area contributed by atoms with Crippen LogP contribution in [0, 0.1) is 0 Å². The standard InChI is InChI=1S/C39H27N3/c1-2-5-28(6-3-1)34-22-35(29-9-15-40-16-10-29)25-38(24-34)32-7-4-8-33(21-32)39-26-36(30-11-17-41-18-12-30)23-37(27-39)31-13-19-42-20-14-31/h1-27H. The Bertz CT molecular complexity index is 1700. The van der Waals surface area contributed by atoms with Gasteiger partial charge in [0.05, 0.1) is 0 Å². The molecule has 3 nitrogen and oxygen atoms in total. The fourth-order valence-electron chi connectivity index (χ4n) is 5.40. The van der Waals surface area contributed by atoms with E-state index in [1.165, 1.54) is 27.8 Å². The first kappa shape index (κ1) is 25.3. The van der Waals surface area contributed by atoms with Crippen molar-refractivity contribution in [1.29, 1.82) is 0 Å². The number of benzene rings is 4. The molecule has 0 unspecified atom stereocenters. The third-order valence-electron chi connectivity index (χ3n) is 7.54. The van der Waals surface area contributed by atoms with Crippen LogP contribution in [-0.2, 0) is 0 Å². The van der Waals surface area contributed by atoms with Crippen molar-refractivity contribution in [3.8, 4) is 66.8 Å². The summed E-state index contributed by atoms with van der Waals surface area (Å²) >= 11 is 0. The molecule has 3 heterocycles. The average molecular weight is 538 g/mol. The predicted molar refractivity (Wildman–Crippen MR) is 172 cm³/mol. The highest BCUT2D eigenvalue weighted by molar-refractivity contribution is 5.85. The zero-order valence-corrected chi connectivity index (χ0v) is 22.9. The van der Waals surface area contributed by atoms with E-state index in [0.29, 0.717) is 0 Å². The lowest BCUT2D eigenvalue weighted by molar-refractivity contribution is 1.33. The normalized spacial score (nSPS) is 10.9. The van der Waals surface area contributed by atoms with Crippen molar-refractivity contribution in [2.24, 2.45) is 0 Å². The lowest BCUT2D eigenvalue weighted by Gasteiger charge is -2.14. The first-order valence-corrected chi connectivity index (χ1v) is 14.0. The summed E-state index contributed by atoms with van der Waals surface area (Å²) in [6.07, 6.45) is 11.1. The monoisotopic (exact) mass is 537 g/mol. The van der Waals surface area contributed by atoms with Gasteiger partial charge in [-0.3, -0.25) is 15.0 Å². The van der Waals surface area contributed by atoms with Crippen LogP contribution in [0.25, 0.3) is 66.8 Å². The summed E-state index contributed by atoms with van der Waals surface area (Å²) < 4.78 is 0. The minimum absolute atomic E-state index is 1.14. The van der Waals surface area contributed by atoms with E-state index in [4.69, 9.17) is 0 Å². The van der Waals surface area contributed by atoms with Gasteiger partial charge in [0.25, 0.3) is 0 Å². The second-order valence-corrected chi connectivity index (χ2v) is 10.3. The van der Waals surface area contributed by atoms with Gasteiger partial charge in [-0.15, -0.1) is 0 Å². The Hall–Kier alpha value is -5.67. The third-order valence-corrected chi connectivity index (χ3v) is 7.54. The molecule has 7 aromatic rings. The quantitative estimate of drug-likeness (QED) is 0.212. The topological polar surface area (TPSA) is 38.7 Å². The number of aromatic nitrogens is 3. The summed E-state index contributed by atoms with van der Waals surface area (Å²) in [6.45, 7) is 0. The van der Waals surface area contributed by atoms with E-state index in [-0.39, 0.29) is 0 Å². The predicted octanol–water partition coefficient (Wildman–Crippen LogP) is 9.87. The van der Waals surface area contributed by atoms with Gasteiger partial charge in [-0.1, -0.05) is 48.5 Å². The Kier molecular flexibility index (Phi) is 6.89. The van der Waals surface area contributed by atoms with E-state index < -0.39 is 0 Å². The molecule has 0 spiro atoms. The highest BCUT2D eigenvalue weighted by Crippen LogP contribution is 2.36. The molecule has 7 rings (SSSR count). The van der Waals surface area contributed by atoms with Crippen molar-refractivity contribution in [3.63, 3.8) is 0 Å². The third kappa shape index (κ3) is 5.36. The van der Waals surface area contributed by atoms with Gasteiger partial charge in [0, 0.05) is 37.2 Å². The molecular weight excluding hydrogens is 510 g/mol. The molecule has 0 aliphatic carbocycles. The van der Waals surface area contributed by atoms with Gasteiger partial charge in [-0.2, -0.15) is 0 Å². The van der Waals surface area contributed by atoms with Crippen molar-refractivity contribution >= 4 is 0 Å². The minimum atomic E-state index is 1.14. The molecule has 3 aromatic heterocycles. The molecular formula is C39H27N3. The summed E-state index contributed by atoms with van der Waals surface area (Å²) in [6, 6.07) is 45.3. The summed E-state index contributed by atoms with van der Waals surface area (Å²) in [5.74, 6) is 0. The molecule has 4 aromatic carbocycles. The first-order chi connectivity index (χ1) is 20.8. The molecule has 0 saturated carbocycles. The summed E-state index contributed by atoms with van der Waals surface area (Å²) in [5.41, 5.74) is 13.9. The van der Waals surface area contributed by atoms with Crippen molar-refractivity contribution in [2.45, 2.75) is 0 Å². The molecule has 0 atom stereocenters. The van der Waals surface area contributed by atoms with Crippen molar-refractivity contribution in [1.82, 2.24) is 15.0 Å². The molecule has 0 fully saturated rings. The molecule has 0 bridgehead atoms. The Morgan fingerprint density at radius 2 is 0.476 bits per heavy atom. The number of hydrogen-bond acceptors (Lipinski definition) is 3. The van der Waals surface area contributed by atoms with E-state index >= 15 is 0 Å². The number of rotatable bonds is 6. The van der Waals surface area contributed by atoms with Gasteiger partial charge in [0.15, 0.2) is 0 Å². The maximum Gasteiger partial charge on any atom is 0.0273 e. The lowest BCUT2D eigenvalue weighted by Crippen LogP contribution is -1.89. The van der Waals surface area contributed by atoms with Gasteiger partial charge < -0.3 is 0 Å². The molecule has 198 valence electrons. The fourth-order valence-corrected chi connectivity index (χ4v) is 5.40. The van der Waals surface area contributed by atoms with Crippen LogP contribution < -0.4 is 0 Å². The number of hydrogen-bond donors (Lipinski definition) is 0. The van der Waals surface area contributed by atoms with Gasteiger partial charge in [-0.05, 0) is 146 Å². The van der Waals surface area contributed by atoms with Crippen LogP contribution in [0.1, 0.15) is 0 Å². The highest BCUT2D eigenvalue weighted by atomic mass is 14.6. The highest BCUT2D eigenvalue weighted by Gasteiger charge is 2.11. The Balaban J connectivity index is 1.37.